The molecule has 5 heteroatoms. The molecule has 0 spiro atoms. The molecule has 2 aromatic rings. The van der Waals surface area contributed by atoms with Gasteiger partial charge in [0, 0.05) is 30.9 Å². The zero-order valence-electron chi connectivity index (χ0n) is 10.3. The number of nitrogens with zero attached hydrogens (tertiary/aromatic N) is 2. The third kappa shape index (κ3) is 3.28. The van der Waals surface area contributed by atoms with E-state index in [0.29, 0.717) is 6.04 Å². The number of hydrogen-bond acceptors (Lipinski definition) is 4. The Kier molecular flexibility index (Phi) is 4.53. The Morgan fingerprint density at radius 1 is 1.59 bits per heavy atom. The van der Waals surface area contributed by atoms with Gasteiger partial charge in [0.15, 0.2) is 4.96 Å². The summed E-state index contributed by atoms with van der Waals surface area (Å²) < 4.78 is 7.28. The normalized spacial score (nSPS) is 13.3. The SMILES string of the molecule is CCNC(CCc1cn2ccsc2n1)COC. The Labute approximate surface area is 106 Å². The second-order valence-electron chi connectivity index (χ2n) is 4.07. The number of ether oxygens (including phenoxy) is 1. The number of aryl methyl sites for hydroxylation is 1. The Hall–Kier alpha value is -0.910. The summed E-state index contributed by atoms with van der Waals surface area (Å²) in [5, 5.41) is 5.48. The maximum atomic E-state index is 5.20. The van der Waals surface area contributed by atoms with Crippen LogP contribution in [0.25, 0.3) is 4.96 Å². The van der Waals surface area contributed by atoms with Crippen LogP contribution in [0.2, 0.25) is 0 Å². The molecule has 1 unspecified atom stereocenters. The Morgan fingerprint density at radius 2 is 2.47 bits per heavy atom. The van der Waals surface area contributed by atoms with Crippen LogP contribution >= 0.6 is 11.3 Å². The summed E-state index contributed by atoms with van der Waals surface area (Å²) in [6, 6.07) is 0.421. The van der Waals surface area contributed by atoms with Crippen LogP contribution in [-0.4, -0.2) is 35.7 Å². The molecule has 2 aromatic heterocycles. The monoisotopic (exact) mass is 253 g/mol. The van der Waals surface area contributed by atoms with Crippen molar-refractivity contribution in [3.63, 3.8) is 0 Å². The topological polar surface area (TPSA) is 38.6 Å². The van der Waals surface area contributed by atoms with Crippen molar-refractivity contribution in [2.24, 2.45) is 0 Å². The molecule has 17 heavy (non-hydrogen) atoms. The average Bonchev–Trinajstić information content (AvgIpc) is 2.86. The number of rotatable bonds is 7. The molecule has 0 aliphatic heterocycles. The summed E-state index contributed by atoms with van der Waals surface area (Å²) >= 11 is 1.67. The first kappa shape index (κ1) is 12.5. The number of thiazole rings is 1. The van der Waals surface area contributed by atoms with Crippen LogP contribution in [0.15, 0.2) is 17.8 Å². The van der Waals surface area contributed by atoms with Crippen LogP contribution in [0.3, 0.4) is 0 Å². The van der Waals surface area contributed by atoms with E-state index in [4.69, 9.17) is 4.74 Å². The van der Waals surface area contributed by atoms with E-state index in [1.807, 2.05) is 6.20 Å². The van der Waals surface area contributed by atoms with E-state index in [9.17, 15) is 0 Å². The first-order valence-corrected chi connectivity index (χ1v) is 6.85. The van der Waals surface area contributed by atoms with Gasteiger partial charge in [0.2, 0.25) is 0 Å². The van der Waals surface area contributed by atoms with E-state index >= 15 is 0 Å². The molecule has 1 N–H and O–H groups in total. The van der Waals surface area contributed by atoms with Crippen LogP contribution in [0.5, 0.6) is 0 Å². The van der Waals surface area contributed by atoms with E-state index in [-0.39, 0.29) is 0 Å². The van der Waals surface area contributed by atoms with Crippen LogP contribution < -0.4 is 5.32 Å². The summed E-state index contributed by atoms with van der Waals surface area (Å²) in [5.74, 6) is 0. The van der Waals surface area contributed by atoms with Gasteiger partial charge < -0.3 is 10.1 Å². The van der Waals surface area contributed by atoms with Gasteiger partial charge in [0.1, 0.15) is 0 Å². The van der Waals surface area contributed by atoms with Crippen molar-refractivity contribution >= 4 is 16.3 Å². The molecule has 2 heterocycles. The van der Waals surface area contributed by atoms with Gasteiger partial charge in [0.25, 0.3) is 0 Å². The van der Waals surface area contributed by atoms with Gasteiger partial charge >= 0.3 is 0 Å². The van der Waals surface area contributed by atoms with Gasteiger partial charge in [-0.25, -0.2) is 4.98 Å². The fourth-order valence-corrected chi connectivity index (χ4v) is 2.67. The molecule has 4 nitrogen and oxygen atoms in total. The zero-order chi connectivity index (χ0) is 12.1. The van der Waals surface area contributed by atoms with Crippen molar-refractivity contribution in [3.05, 3.63) is 23.5 Å². The van der Waals surface area contributed by atoms with Crippen molar-refractivity contribution in [1.82, 2.24) is 14.7 Å². The number of hydrogen-bond donors (Lipinski definition) is 1. The van der Waals surface area contributed by atoms with Crippen molar-refractivity contribution in [1.29, 1.82) is 0 Å². The van der Waals surface area contributed by atoms with Gasteiger partial charge in [-0.3, -0.25) is 4.40 Å². The molecule has 0 saturated carbocycles. The fraction of sp³-hybridized carbons (Fsp3) is 0.583. The van der Waals surface area contributed by atoms with Crippen molar-refractivity contribution < 1.29 is 4.74 Å². The summed E-state index contributed by atoms with van der Waals surface area (Å²) in [7, 11) is 1.75. The largest absolute Gasteiger partial charge is 0.383 e. The van der Waals surface area contributed by atoms with E-state index in [0.717, 1.165) is 36.6 Å². The minimum atomic E-state index is 0.421. The highest BCUT2D eigenvalue weighted by Gasteiger charge is 2.09. The van der Waals surface area contributed by atoms with E-state index < -0.39 is 0 Å². The average molecular weight is 253 g/mol. The summed E-state index contributed by atoms with van der Waals surface area (Å²) in [6.07, 6.45) is 6.22. The quantitative estimate of drug-likeness (QED) is 0.819. The Balaban J connectivity index is 1.89. The lowest BCUT2D eigenvalue weighted by Gasteiger charge is -2.15. The molecular weight excluding hydrogens is 234 g/mol. The lowest BCUT2D eigenvalue weighted by atomic mass is 10.1. The summed E-state index contributed by atoms with van der Waals surface area (Å²) in [5.41, 5.74) is 1.16. The highest BCUT2D eigenvalue weighted by molar-refractivity contribution is 7.15. The molecule has 1 atom stereocenters. The summed E-state index contributed by atoms with van der Waals surface area (Å²) in [6.45, 7) is 3.86. The molecular formula is C12H19N3OS. The fourth-order valence-electron chi connectivity index (χ4n) is 1.95. The van der Waals surface area contributed by atoms with Crippen LogP contribution in [0.1, 0.15) is 19.0 Å². The smallest absolute Gasteiger partial charge is 0.193 e. The van der Waals surface area contributed by atoms with E-state index in [1.54, 1.807) is 18.4 Å². The lowest BCUT2D eigenvalue weighted by molar-refractivity contribution is 0.163. The minimum absolute atomic E-state index is 0.421. The molecule has 0 bridgehead atoms. The van der Waals surface area contributed by atoms with E-state index in [2.05, 4.69) is 33.2 Å². The van der Waals surface area contributed by atoms with Crippen LogP contribution in [0, 0.1) is 0 Å². The van der Waals surface area contributed by atoms with E-state index in [1.165, 1.54) is 0 Å². The first-order chi connectivity index (χ1) is 8.33. The predicted octanol–water partition coefficient (Wildman–Crippen LogP) is 1.95. The van der Waals surface area contributed by atoms with Crippen LogP contribution in [-0.2, 0) is 11.2 Å². The molecule has 0 aromatic carbocycles. The Morgan fingerprint density at radius 3 is 3.18 bits per heavy atom. The number of nitrogens with one attached hydrogen (secondary N) is 1. The maximum absolute atomic E-state index is 5.20. The van der Waals surface area contributed by atoms with Gasteiger partial charge in [-0.15, -0.1) is 11.3 Å². The second-order valence-corrected chi connectivity index (χ2v) is 4.95. The standard InChI is InChI=1S/C12H19N3OS/c1-3-13-11(9-16-2)5-4-10-8-15-6-7-17-12(15)14-10/h6-8,11,13H,3-5,9H2,1-2H3. The molecule has 0 aliphatic carbocycles. The minimum Gasteiger partial charge on any atom is -0.383 e. The number of fused-ring (bicyclic) bond motifs is 1. The van der Waals surface area contributed by atoms with Gasteiger partial charge in [-0.05, 0) is 19.4 Å². The second kappa shape index (κ2) is 6.14. The molecule has 0 saturated heterocycles. The molecule has 0 fully saturated rings. The van der Waals surface area contributed by atoms with Crippen LogP contribution in [0.4, 0.5) is 0 Å². The van der Waals surface area contributed by atoms with Gasteiger partial charge in [0.05, 0.1) is 12.3 Å². The number of likely N-dealkylation sites (N-methyl/N-ethyl adjacent to an activating group) is 1. The van der Waals surface area contributed by atoms with Crippen molar-refractivity contribution in [2.45, 2.75) is 25.8 Å². The predicted molar refractivity (Wildman–Crippen MR) is 70.7 cm³/mol. The number of aromatic nitrogens is 2. The molecule has 0 aliphatic rings. The number of methoxy groups -OCH3 is 1. The highest BCUT2D eigenvalue weighted by Crippen LogP contribution is 2.13. The maximum Gasteiger partial charge on any atom is 0.193 e. The lowest BCUT2D eigenvalue weighted by Crippen LogP contribution is -2.33. The third-order valence-electron chi connectivity index (χ3n) is 2.75. The summed E-state index contributed by atoms with van der Waals surface area (Å²) in [4.78, 5) is 5.65. The Bertz CT molecular complexity index is 417. The first-order valence-electron chi connectivity index (χ1n) is 5.97. The molecule has 0 amide bonds. The molecule has 0 radical (unpaired) electrons. The van der Waals surface area contributed by atoms with Gasteiger partial charge in [-0.1, -0.05) is 6.92 Å². The van der Waals surface area contributed by atoms with Crippen molar-refractivity contribution in [3.8, 4) is 0 Å². The zero-order valence-corrected chi connectivity index (χ0v) is 11.2. The third-order valence-corrected chi connectivity index (χ3v) is 3.52. The number of imidazole rings is 1. The highest BCUT2D eigenvalue weighted by atomic mass is 32.1. The molecule has 2 rings (SSSR count). The molecule has 94 valence electrons. The van der Waals surface area contributed by atoms with Crippen molar-refractivity contribution in [2.75, 3.05) is 20.3 Å². The van der Waals surface area contributed by atoms with Gasteiger partial charge in [-0.2, -0.15) is 0 Å².